The van der Waals surface area contributed by atoms with E-state index >= 15 is 0 Å². The van der Waals surface area contributed by atoms with Crippen molar-refractivity contribution in [3.05, 3.63) is 65.5 Å². The van der Waals surface area contributed by atoms with Crippen LogP contribution in [0.1, 0.15) is 37.4 Å². The smallest absolute Gasteiger partial charge is 0.240 e. The second-order valence-electron chi connectivity index (χ2n) is 6.27. The third-order valence-electron chi connectivity index (χ3n) is 4.34. The maximum Gasteiger partial charge on any atom is 0.240 e. The van der Waals surface area contributed by atoms with Crippen molar-refractivity contribution in [2.75, 3.05) is 10.5 Å². The number of benzene rings is 2. The number of sulfonamides is 1. The van der Waals surface area contributed by atoms with E-state index in [9.17, 15) is 17.6 Å². The van der Waals surface area contributed by atoms with Crippen LogP contribution in [0.5, 0.6) is 0 Å². The van der Waals surface area contributed by atoms with Crippen LogP contribution in [-0.4, -0.2) is 30.8 Å². The van der Waals surface area contributed by atoms with Gasteiger partial charge in [0, 0.05) is 19.0 Å². The van der Waals surface area contributed by atoms with E-state index in [-0.39, 0.29) is 23.5 Å². The number of carbonyl (C=O) groups excluding carboxylic acids is 1. The minimum Gasteiger partial charge on any atom is -0.284 e. The average Bonchev–Trinajstić information content (AvgIpc) is 3.08. The van der Waals surface area contributed by atoms with E-state index < -0.39 is 10.0 Å². The maximum absolute atomic E-state index is 13.2. The van der Waals surface area contributed by atoms with Gasteiger partial charge in [0.05, 0.1) is 17.5 Å². The molecule has 0 aromatic heterocycles. The van der Waals surface area contributed by atoms with Crippen LogP contribution in [0, 0.1) is 5.82 Å². The summed E-state index contributed by atoms with van der Waals surface area (Å²) in [6, 6.07) is 12.6. The van der Waals surface area contributed by atoms with Gasteiger partial charge < -0.3 is 0 Å². The fourth-order valence-corrected chi connectivity index (χ4v) is 3.56. The summed E-state index contributed by atoms with van der Waals surface area (Å²) >= 11 is 0. The maximum atomic E-state index is 13.2. The molecule has 6 nitrogen and oxygen atoms in total. The lowest BCUT2D eigenvalue weighted by molar-refractivity contribution is -0.130. The average molecular weight is 389 g/mol. The Bertz CT molecular complexity index is 988. The standard InChI is InChI=1S/C19H20FN3O3S/c1-3-27(25,26)22-17-6-4-5-15(11-17)18-12-19(23(21-18)13(2)24)14-7-9-16(20)10-8-14/h4-11,19,22H,3,12H2,1-2H3. The molecule has 1 aliphatic rings. The molecule has 3 rings (SSSR count). The van der Waals surface area contributed by atoms with Crippen molar-refractivity contribution >= 4 is 27.3 Å². The van der Waals surface area contributed by atoms with Crippen LogP contribution in [-0.2, 0) is 14.8 Å². The van der Waals surface area contributed by atoms with Gasteiger partial charge in [-0.05, 0) is 42.3 Å². The van der Waals surface area contributed by atoms with Crippen LogP contribution >= 0.6 is 0 Å². The van der Waals surface area contributed by atoms with E-state index in [0.717, 1.165) is 11.1 Å². The number of rotatable bonds is 5. The first-order valence-electron chi connectivity index (χ1n) is 8.52. The SMILES string of the molecule is CCS(=O)(=O)Nc1cccc(C2=NN(C(C)=O)C(c3ccc(F)cc3)C2)c1. The van der Waals surface area contributed by atoms with Crippen LogP contribution in [0.25, 0.3) is 0 Å². The quantitative estimate of drug-likeness (QED) is 0.852. The van der Waals surface area contributed by atoms with E-state index in [1.807, 2.05) is 6.07 Å². The van der Waals surface area contributed by atoms with Gasteiger partial charge in [-0.15, -0.1) is 0 Å². The second kappa shape index (κ2) is 7.48. The molecule has 0 spiro atoms. The highest BCUT2D eigenvalue weighted by atomic mass is 32.2. The molecule has 8 heteroatoms. The Labute approximate surface area is 157 Å². The Morgan fingerprint density at radius 2 is 1.96 bits per heavy atom. The van der Waals surface area contributed by atoms with Crippen molar-refractivity contribution in [1.82, 2.24) is 5.01 Å². The highest BCUT2D eigenvalue weighted by Gasteiger charge is 2.31. The van der Waals surface area contributed by atoms with Crippen molar-refractivity contribution in [2.24, 2.45) is 5.10 Å². The Morgan fingerprint density at radius 1 is 1.26 bits per heavy atom. The molecule has 0 fully saturated rings. The fourth-order valence-electron chi connectivity index (χ4n) is 2.93. The third kappa shape index (κ3) is 4.33. The first-order valence-corrected chi connectivity index (χ1v) is 10.2. The molecule has 142 valence electrons. The highest BCUT2D eigenvalue weighted by Crippen LogP contribution is 2.33. The molecule has 1 amide bonds. The fraction of sp³-hybridized carbons (Fsp3) is 0.263. The molecule has 1 heterocycles. The van der Waals surface area contributed by atoms with Gasteiger partial charge in [-0.3, -0.25) is 9.52 Å². The molecule has 1 atom stereocenters. The third-order valence-corrected chi connectivity index (χ3v) is 5.64. The largest absolute Gasteiger partial charge is 0.284 e. The molecule has 2 aromatic carbocycles. The molecular weight excluding hydrogens is 369 g/mol. The summed E-state index contributed by atoms with van der Waals surface area (Å²) in [4.78, 5) is 12.0. The molecular formula is C19H20FN3O3S. The van der Waals surface area contributed by atoms with Gasteiger partial charge in [-0.25, -0.2) is 17.8 Å². The van der Waals surface area contributed by atoms with Gasteiger partial charge >= 0.3 is 0 Å². The Balaban J connectivity index is 1.90. The molecule has 0 saturated carbocycles. The van der Waals surface area contributed by atoms with E-state index in [2.05, 4.69) is 9.82 Å². The lowest BCUT2D eigenvalue weighted by Crippen LogP contribution is -2.24. The lowest BCUT2D eigenvalue weighted by Gasteiger charge is -2.20. The van der Waals surface area contributed by atoms with Crippen molar-refractivity contribution in [2.45, 2.75) is 26.3 Å². The van der Waals surface area contributed by atoms with Crippen molar-refractivity contribution in [1.29, 1.82) is 0 Å². The zero-order chi connectivity index (χ0) is 19.6. The first kappa shape index (κ1) is 19.0. The van der Waals surface area contributed by atoms with Gasteiger partial charge in [0.2, 0.25) is 15.9 Å². The van der Waals surface area contributed by atoms with E-state index in [1.54, 1.807) is 37.3 Å². The molecule has 0 aliphatic carbocycles. The van der Waals surface area contributed by atoms with E-state index in [4.69, 9.17) is 0 Å². The number of halogens is 1. The lowest BCUT2D eigenvalue weighted by atomic mass is 9.98. The van der Waals surface area contributed by atoms with Gasteiger partial charge in [-0.1, -0.05) is 24.3 Å². The van der Waals surface area contributed by atoms with Gasteiger partial charge in [0.1, 0.15) is 5.82 Å². The van der Waals surface area contributed by atoms with Gasteiger partial charge in [0.25, 0.3) is 0 Å². The summed E-state index contributed by atoms with van der Waals surface area (Å²) in [5.74, 6) is -0.589. The van der Waals surface area contributed by atoms with Gasteiger partial charge in [0.15, 0.2) is 0 Å². The molecule has 0 bridgehead atoms. The first-order chi connectivity index (χ1) is 12.8. The minimum absolute atomic E-state index is 0.0249. The molecule has 2 aromatic rings. The van der Waals surface area contributed by atoms with Crippen molar-refractivity contribution < 1.29 is 17.6 Å². The Hall–Kier alpha value is -2.74. The molecule has 0 radical (unpaired) electrons. The molecule has 0 saturated heterocycles. The van der Waals surface area contributed by atoms with Crippen LogP contribution < -0.4 is 4.72 Å². The molecule has 27 heavy (non-hydrogen) atoms. The van der Waals surface area contributed by atoms with Crippen LogP contribution in [0.2, 0.25) is 0 Å². The summed E-state index contributed by atoms with van der Waals surface area (Å²) in [5, 5.41) is 5.81. The predicted octanol–water partition coefficient (Wildman–Crippen LogP) is 3.28. The number of nitrogens with one attached hydrogen (secondary N) is 1. The van der Waals surface area contributed by atoms with Crippen LogP contribution in [0.15, 0.2) is 53.6 Å². The Morgan fingerprint density at radius 3 is 2.59 bits per heavy atom. The Kier molecular flexibility index (Phi) is 5.27. The number of hydrogen-bond acceptors (Lipinski definition) is 4. The summed E-state index contributed by atoms with van der Waals surface area (Å²) in [6.45, 7) is 2.99. The minimum atomic E-state index is -3.38. The number of nitrogens with zero attached hydrogens (tertiary/aromatic N) is 2. The number of hydrogen-bond donors (Lipinski definition) is 1. The number of carbonyl (C=O) groups is 1. The molecule has 1 unspecified atom stereocenters. The highest BCUT2D eigenvalue weighted by molar-refractivity contribution is 7.92. The summed E-state index contributed by atoms with van der Waals surface area (Å²) in [7, 11) is -3.38. The second-order valence-corrected chi connectivity index (χ2v) is 8.28. The monoisotopic (exact) mass is 389 g/mol. The molecule has 1 aliphatic heterocycles. The van der Waals surface area contributed by atoms with E-state index in [1.165, 1.54) is 24.1 Å². The summed E-state index contributed by atoms with van der Waals surface area (Å²) < 4.78 is 39.3. The van der Waals surface area contributed by atoms with Gasteiger partial charge in [-0.2, -0.15) is 5.10 Å². The predicted molar refractivity (Wildman–Crippen MR) is 102 cm³/mol. The normalized spacial score (nSPS) is 16.9. The van der Waals surface area contributed by atoms with Crippen LogP contribution in [0.4, 0.5) is 10.1 Å². The summed E-state index contributed by atoms with van der Waals surface area (Å²) in [5.41, 5.74) is 2.61. The van der Waals surface area contributed by atoms with E-state index in [0.29, 0.717) is 17.8 Å². The topological polar surface area (TPSA) is 78.8 Å². The van der Waals surface area contributed by atoms with Crippen LogP contribution in [0.3, 0.4) is 0 Å². The zero-order valence-corrected chi connectivity index (χ0v) is 15.8. The van der Waals surface area contributed by atoms with Crippen molar-refractivity contribution in [3.8, 4) is 0 Å². The molecule has 1 N–H and O–H groups in total. The summed E-state index contributed by atoms with van der Waals surface area (Å²) in [6.07, 6.45) is 0.454. The van der Waals surface area contributed by atoms with Crippen molar-refractivity contribution in [3.63, 3.8) is 0 Å². The zero-order valence-electron chi connectivity index (χ0n) is 15.0. The number of anilines is 1. The number of amides is 1. The number of hydrazone groups is 1.